The van der Waals surface area contributed by atoms with Gasteiger partial charge in [-0.2, -0.15) is 0 Å². The number of aryl methyl sites for hydroxylation is 2. The summed E-state index contributed by atoms with van der Waals surface area (Å²) in [5, 5.41) is 2.81. The molecule has 0 bridgehead atoms. The Morgan fingerprint density at radius 2 is 2.00 bits per heavy atom. The molecule has 0 aliphatic heterocycles. The fourth-order valence-electron chi connectivity index (χ4n) is 2.66. The standard InChI is InChI=1S/C21H20N2O4/c1-3-15-8-6-7-14(2)21(15)23-18(24)13-26-20(25)12-11-19-22-16-9-4-5-10-17(16)27-19/h4-12H,3,13H2,1-2H3,(H,23,24)/b12-11+. The summed E-state index contributed by atoms with van der Waals surface area (Å²) < 4.78 is 10.5. The number of nitrogens with one attached hydrogen (secondary N) is 1. The topological polar surface area (TPSA) is 81.4 Å². The van der Waals surface area contributed by atoms with Crippen molar-refractivity contribution in [2.75, 3.05) is 11.9 Å². The highest BCUT2D eigenvalue weighted by molar-refractivity contribution is 5.95. The third-order valence-electron chi connectivity index (χ3n) is 4.02. The van der Waals surface area contributed by atoms with Crippen molar-refractivity contribution in [1.82, 2.24) is 4.98 Å². The predicted molar refractivity (Wildman–Crippen MR) is 103 cm³/mol. The molecule has 0 spiro atoms. The normalized spacial score (nSPS) is 11.0. The highest BCUT2D eigenvalue weighted by atomic mass is 16.5. The molecule has 0 saturated heterocycles. The zero-order valence-corrected chi connectivity index (χ0v) is 15.2. The molecule has 0 aliphatic rings. The number of anilines is 1. The Labute approximate surface area is 156 Å². The maximum Gasteiger partial charge on any atom is 0.331 e. The van der Waals surface area contributed by atoms with Crippen LogP contribution in [0.15, 0.2) is 53.0 Å². The Kier molecular flexibility index (Phi) is 5.66. The average Bonchev–Trinajstić information content (AvgIpc) is 3.09. The fraction of sp³-hybridized carbons (Fsp3) is 0.190. The Hall–Kier alpha value is -3.41. The van der Waals surface area contributed by atoms with Crippen LogP contribution < -0.4 is 5.32 Å². The van der Waals surface area contributed by atoms with Gasteiger partial charge in [0.1, 0.15) is 5.52 Å². The summed E-state index contributed by atoms with van der Waals surface area (Å²) >= 11 is 0. The van der Waals surface area contributed by atoms with Crippen LogP contribution >= 0.6 is 0 Å². The van der Waals surface area contributed by atoms with E-state index in [1.54, 1.807) is 6.07 Å². The molecular weight excluding hydrogens is 344 g/mol. The molecule has 0 radical (unpaired) electrons. The molecule has 0 atom stereocenters. The highest BCUT2D eigenvalue weighted by Crippen LogP contribution is 2.21. The first-order chi connectivity index (χ1) is 13.1. The summed E-state index contributed by atoms with van der Waals surface area (Å²) in [7, 11) is 0. The molecule has 0 aliphatic carbocycles. The molecule has 0 saturated carbocycles. The Morgan fingerprint density at radius 1 is 1.19 bits per heavy atom. The van der Waals surface area contributed by atoms with Crippen molar-refractivity contribution < 1.29 is 18.7 Å². The second-order valence-electron chi connectivity index (χ2n) is 5.97. The van der Waals surface area contributed by atoms with Gasteiger partial charge in [0.15, 0.2) is 12.2 Å². The second kappa shape index (κ2) is 8.31. The number of aromatic nitrogens is 1. The molecule has 3 aromatic rings. The van der Waals surface area contributed by atoms with Gasteiger partial charge in [0.2, 0.25) is 5.89 Å². The molecule has 1 heterocycles. The van der Waals surface area contributed by atoms with Gasteiger partial charge in [-0.05, 0) is 36.6 Å². The van der Waals surface area contributed by atoms with E-state index in [1.807, 2.05) is 50.2 Å². The molecule has 1 amide bonds. The molecule has 6 heteroatoms. The summed E-state index contributed by atoms with van der Waals surface area (Å²) in [6.45, 7) is 3.57. The molecule has 6 nitrogen and oxygen atoms in total. The minimum Gasteiger partial charge on any atom is -0.452 e. The quantitative estimate of drug-likeness (QED) is 0.530. The molecule has 0 fully saturated rings. The van der Waals surface area contributed by atoms with Crippen LogP contribution in [0.5, 0.6) is 0 Å². The highest BCUT2D eigenvalue weighted by Gasteiger charge is 2.10. The van der Waals surface area contributed by atoms with Gasteiger partial charge >= 0.3 is 5.97 Å². The molecule has 138 valence electrons. The second-order valence-corrected chi connectivity index (χ2v) is 5.97. The Balaban J connectivity index is 1.55. The van der Waals surface area contributed by atoms with Gasteiger partial charge in [-0.15, -0.1) is 0 Å². The number of benzene rings is 2. The van der Waals surface area contributed by atoms with E-state index in [4.69, 9.17) is 9.15 Å². The molecule has 0 unspecified atom stereocenters. The van der Waals surface area contributed by atoms with Gasteiger partial charge in [0.25, 0.3) is 5.91 Å². The van der Waals surface area contributed by atoms with Gasteiger partial charge in [-0.25, -0.2) is 9.78 Å². The van der Waals surface area contributed by atoms with E-state index >= 15 is 0 Å². The molecule has 27 heavy (non-hydrogen) atoms. The number of amides is 1. The summed E-state index contributed by atoms with van der Waals surface area (Å²) in [5.74, 6) is -0.736. The first kappa shape index (κ1) is 18.4. The third kappa shape index (κ3) is 4.61. The number of hydrogen-bond donors (Lipinski definition) is 1. The molecule has 1 aromatic heterocycles. The van der Waals surface area contributed by atoms with E-state index in [0.717, 1.165) is 23.2 Å². The van der Waals surface area contributed by atoms with Crippen molar-refractivity contribution in [3.63, 3.8) is 0 Å². The number of carbonyl (C=O) groups is 2. The number of fused-ring (bicyclic) bond motifs is 1. The number of oxazole rings is 1. The lowest BCUT2D eigenvalue weighted by Crippen LogP contribution is -2.21. The number of rotatable bonds is 6. The summed E-state index contributed by atoms with van der Waals surface area (Å²) in [6, 6.07) is 13.1. The monoisotopic (exact) mass is 364 g/mol. The van der Waals surface area contributed by atoms with E-state index in [0.29, 0.717) is 17.0 Å². The van der Waals surface area contributed by atoms with E-state index in [2.05, 4.69) is 10.3 Å². The van der Waals surface area contributed by atoms with Gasteiger partial charge in [0.05, 0.1) is 0 Å². The number of para-hydroxylation sites is 3. The molecule has 2 aromatic carbocycles. The number of esters is 1. The van der Waals surface area contributed by atoms with Crippen LogP contribution in [-0.2, 0) is 20.7 Å². The van der Waals surface area contributed by atoms with E-state index in [-0.39, 0.29) is 12.5 Å². The SMILES string of the molecule is CCc1cccc(C)c1NC(=O)COC(=O)/C=C/c1nc2ccccc2o1. The van der Waals surface area contributed by atoms with Crippen LogP contribution in [0.3, 0.4) is 0 Å². The number of ether oxygens (including phenoxy) is 1. The van der Waals surface area contributed by atoms with Gasteiger partial charge < -0.3 is 14.5 Å². The maximum atomic E-state index is 12.1. The van der Waals surface area contributed by atoms with Crippen molar-refractivity contribution in [2.45, 2.75) is 20.3 Å². The lowest BCUT2D eigenvalue weighted by atomic mass is 10.1. The van der Waals surface area contributed by atoms with Crippen molar-refractivity contribution in [1.29, 1.82) is 0 Å². The van der Waals surface area contributed by atoms with Gasteiger partial charge in [0, 0.05) is 17.8 Å². The van der Waals surface area contributed by atoms with Crippen LogP contribution in [0.1, 0.15) is 23.9 Å². The predicted octanol–water partition coefficient (Wildman–Crippen LogP) is 3.89. The minimum atomic E-state index is -0.645. The van der Waals surface area contributed by atoms with Gasteiger partial charge in [-0.3, -0.25) is 4.79 Å². The fourth-order valence-corrected chi connectivity index (χ4v) is 2.66. The summed E-state index contributed by atoms with van der Waals surface area (Å²) in [5.41, 5.74) is 4.10. The molecule has 3 rings (SSSR count). The number of nitrogens with zero attached hydrogens (tertiary/aromatic N) is 1. The van der Waals surface area contributed by atoms with Gasteiger partial charge in [-0.1, -0.05) is 37.3 Å². The zero-order valence-electron chi connectivity index (χ0n) is 15.2. The largest absolute Gasteiger partial charge is 0.452 e. The molecular formula is C21H20N2O4. The first-order valence-electron chi connectivity index (χ1n) is 8.65. The zero-order chi connectivity index (χ0) is 19.2. The van der Waals surface area contributed by atoms with E-state index < -0.39 is 5.97 Å². The third-order valence-corrected chi connectivity index (χ3v) is 4.02. The van der Waals surface area contributed by atoms with Crippen LogP contribution in [-0.4, -0.2) is 23.5 Å². The first-order valence-corrected chi connectivity index (χ1v) is 8.65. The lowest BCUT2D eigenvalue weighted by molar-refractivity contribution is -0.142. The molecule has 1 N–H and O–H groups in total. The van der Waals surface area contributed by atoms with Crippen molar-refractivity contribution >= 4 is 34.7 Å². The summed E-state index contributed by atoms with van der Waals surface area (Å²) in [6.07, 6.45) is 3.39. The lowest BCUT2D eigenvalue weighted by Gasteiger charge is -2.12. The van der Waals surface area contributed by atoms with Crippen LogP contribution in [0.25, 0.3) is 17.2 Å². The van der Waals surface area contributed by atoms with E-state index in [1.165, 1.54) is 12.2 Å². The van der Waals surface area contributed by atoms with Crippen molar-refractivity contribution in [2.24, 2.45) is 0 Å². The Morgan fingerprint density at radius 3 is 2.78 bits per heavy atom. The van der Waals surface area contributed by atoms with Crippen molar-refractivity contribution in [3.05, 3.63) is 65.6 Å². The maximum absolute atomic E-state index is 12.1. The minimum absolute atomic E-state index is 0.296. The van der Waals surface area contributed by atoms with E-state index in [9.17, 15) is 9.59 Å². The van der Waals surface area contributed by atoms with Crippen LogP contribution in [0.2, 0.25) is 0 Å². The number of hydrogen-bond acceptors (Lipinski definition) is 5. The Bertz CT molecular complexity index is 971. The van der Waals surface area contributed by atoms with Crippen LogP contribution in [0.4, 0.5) is 5.69 Å². The van der Waals surface area contributed by atoms with Crippen molar-refractivity contribution in [3.8, 4) is 0 Å². The average molecular weight is 364 g/mol. The summed E-state index contributed by atoms with van der Waals surface area (Å²) in [4.78, 5) is 28.1. The smallest absolute Gasteiger partial charge is 0.331 e. The van der Waals surface area contributed by atoms with Crippen LogP contribution in [0, 0.1) is 6.92 Å². The number of carbonyl (C=O) groups excluding carboxylic acids is 2.